The molecule has 0 spiro atoms. The van der Waals surface area contributed by atoms with Crippen LogP contribution in [-0.2, 0) is 4.74 Å². The molecule has 2 aliphatic rings. The fourth-order valence-electron chi connectivity index (χ4n) is 2.81. The molecule has 0 aromatic heterocycles. The SMILES string of the molecule is CCC(C)N1CC2COCCN2[C@@H](C)C1. The van der Waals surface area contributed by atoms with Crippen molar-refractivity contribution in [2.24, 2.45) is 0 Å². The Balaban J connectivity index is 1.98. The maximum absolute atomic E-state index is 5.58. The van der Waals surface area contributed by atoms with Crippen molar-refractivity contribution in [3.8, 4) is 0 Å². The third-order valence-corrected chi connectivity index (χ3v) is 4.00. The van der Waals surface area contributed by atoms with Crippen molar-refractivity contribution < 1.29 is 4.74 Å². The predicted molar refractivity (Wildman–Crippen MR) is 62.1 cm³/mol. The van der Waals surface area contributed by atoms with Gasteiger partial charge in [0.2, 0.25) is 0 Å². The van der Waals surface area contributed by atoms with E-state index < -0.39 is 0 Å². The Morgan fingerprint density at radius 2 is 2.20 bits per heavy atom. The smallest absolute Gasteiger partial charge is 0.0635 e. The first-order valence-corrected chi connectivity index (χ1v) is 6.30. The van der Waals surface area contributed by atoms with Gasteiger partial charge in [-0.05, 0) is 20.3 Å². The second kappa shape index (κ2) is 4.81. The van der Waals surface area contributed by atoms with Crippen molar-refractivity contribution in [3.05, 3.63) is 0 Å². The molecule has 0 N–H and O–H groups in total. The van der Waals surface area contributed by atoms with Crippen LogP contribution in [0.3, 0.4) is 0 Å². The highest BCUT2D eigenvalue weighted by Crippen LogP contribution is 2.21. The van der Waals surface area contributed by atoms with Crippen LogP contribution in [0.4, 0.5) is 0 Å². The Kier molecular flexibility index (Phi) is 3.65. The second-order valence-electron chi connectivity index (χ2n) is 5.03. The van der Waals surface area contributed by atoms with Gasteiger partial charge in [-0.15, -0.1) is 0 Å². The second-order valence-corrected chi connectivity index (χ2v) is 5.03. The third kappa shape index (κ3) is 2.35. The van der Waals surface area contributed by atoms with Crippen LogP contribution < -0.4 is 0 Å². The summed E-state index contributed by atoms with van der Waals surface area (Å²) in [5.41, 5.74) is 0. The summed E-state index contributed by atoms with van der Waals surface area (Å²) < 4.78 is 5.58. The van der Waals surface area contributed by atoms with E-state index in [2.05, 4.69) is 30.6 Å². The van der Waals surface area contributed by atoms with Crippen molar-refractivity contribution >= 4 is 0 Å². The molecular formula is C12H24N2O. The maximum Gasteiger partial charge on any atom is 0.0635 e. The molecule has 2 saturated heterocycles. The maximum atomic E-state index is 5.58. The quantitative estimate of drug-likeness (QED) is 0.684. The normalized spacial score (nSPS) is 36.2. The Morgan fingerprint density at radius 3 is 2.93 bits per heavy atom. The zero-order valence-electron chi connectivity index (χ0n) is 10.3. The van der Waals surface area contributed by atoms with Gasteiger partial charge in [0, 0.05) is 37.8 Å². The minimum Gasteiger partial charge on any atom is -0.378 e. The van der Waals surface area contributed by atoms with E-state index in [9.17, 15) is 0 Å². The lowest BCUT2D eigenvalue weighted by Gasteiger charge is -2.49. The van der Waals surface area contributed by atoms with E-state index in [0.29, 0.717) is 12.1 Å². The average molecular weight is 212 g/mol. The Bertz CT molecular complexity index is 210. The molecule has 0 saturated carbocycles. The molecule has 0 bridgehead atoms. The summed E-state index contributed by atoms with van der Waals surface area (Å²) in [7, 11) is 0. The van der Waals surface area contributed by atoms with Crippen LogP contribution in [0.25, 0.3) is 0 Å². The average Bonchev–Trinajstić information content (AvgIpc) is 2.28. The molecule has 3 atom stereocenters. The van der Waals surface area contributed by atoms with Gasteiger partial charge in [-0.1, -0.05) is 6.92 Å². The van der Waals surface area contributed by atoms with Crippen LogP contribution in [0, 0.1) is 0 Å². The van der Waals surface area contributed by atoms with Gasteiger partial charge in [0.15, 0.2) is 0 Å². The van der Waals surface area contributed by atoms with Crippen molar-refractivity contribution in [2.45, 2.75) is 45.3 Å². The van der Waals surface area contributed by atoms with Crippen LogP contribution in [0.15, 0.2) is 0 Å². The molecular weight excluding hydrogens is 188 g/mol. The fourth-order valence-corrected chi connectivity index (χ4v) is 2.81. The number of morpholine rings is 1. The molecule has 0 aromatic carbocycles. The first kappa shape index (κ1) is 11.4. The molecule has 2 rings (SSSR count). The van der Waals surface area contributed by atoms with Crippen LogP contribution >= 0.6 is 0 Å². The Labute approximate surface area is 93.4 Å². The largest absolute Gasteiger partial charge is 0.378 e. The standard InChI is InChI=1S/C12H24N2O/c1-4-10(2)13-7-11(3)14-5-6-15-9-12(14)8-13/h10-12H,4-9H2,1-3H3/t10?,11-,12?/m0/s1. The topological polar surface area (TPSA) is 15.7 Å². The van der Waals surface area contributed by atoms with E-state index in [1.807, 2.05) is 0 Å². The zero-order chi connectivity index (χ0) is 10.8. The van der Waals surface area contributed by atoms with E-state index in [1.165, 1.54) is 19.5 Å². The van der Waals surface area contributed by atoms with Gasteiger partial charge in [-0.25, -0.2) is 0 Å². The monoisotopic (exact) mass is 212 g/mol. The van der Waals surface area contributed by atoms with Crippen molar-refractivity contribution in [3.63, 3.8) is 0 Å². The summed E-state index contributed by atoms with van der Waals surface area (Å²) in [4.78, 5) is 5.25. The highest BCUT2D eigenvalue weighted by Gasteiger charge is 2.35. The van der Waals surface area contributed by atoms with Crippen LogP contribution in [0.5, 0.6) is 0 Å². The van der Waals surface area contributed by atoms with Gasteiger partial charge < -0.3 is 4.74 Å². The first-order chi connectivity index (χ1) is 7.22. The molecule has 15 heavy (non-hydrogen) atoms. The molecule has 0 aliphatic carbocycles. The lowest BCUT2D eigenvalue weighted by molar-refractivity contribution is -0.0753. The molecule has 2 unspecified atom stereocenters. The van der Waals surface area contributed by atoms with E-state index in [4.69, 9.17) is 4.74 Å². The molecule has 3 nitrogen and oxygen atoms in total. The molecule has 0 amide bonds. The van der Waals surface area contributed by atoms with Gasteiger partial charge in [0.25, 0.3) is 0 Å². The molecule has 0 aromatic rings. The number of hydrogen-bond donors (Lipinski definition) is 0. The van der Waals surface area contributed by atoms with Crippen LogP contribution in [0.2, 0.25) is 0 Å². The minimum atomic E-state index is 0.636. The fraction of sp³-hybridized carbons (Fsp3) is 1.00. The van der Waals surface area contributed by atoms with Crippen LogP contribution in [0.1, 0.15) is 27.2 Å². The summed E-state index contributed by atoms with van der Waals surface area (Å²) in [6.45, 7) is 12.4. The Hall–Kier alpha value is -0.120. The number of ether oxygens (including phenoxy) is 1. The van der Waals surface area contributed by atoms with E-state index in [1.54, 1.807) is 0 Å². The van der Waals surface area contributed by atoms with Gasteiger partial charge >= 0.3 is 0 Å². The third-order valence-electron chi connectivity index (χ3n) is 4.00. The van der Waals surface area contributed by atoms with Gasteiger partial charge in [0.1, 0.15) is 0 Å². The van der Waals surface area contributed by atoms with Crippen LogP contribution in [-0.4, -0.2) is 60.8 Å². The molecule has 0 radical (unpaired) electrons. The van der Waals surface area contributed by atoms with E-state index in [0.717, 1.165) is 25.8 Å². The minimum absolute atomic E-state index is 0.636. The number of rotatable bonds is 2. The predicted octanol–water partition coefficient (Wildman–Crippen LogP) is 1.19. The molecule has 2 aliphatic heterocycles. The summed E-state index contributed by atoms with van der Waals surface area (Å²) in [6.07, 6.45) is 1.25. The zero-order valence-corrected chi connectivity index (χ0v) is 10.3. The summed E-state index contributed by atoms with van der Waals surface area (Å²) in [5, 5.41) is 0. The first-order valence-electron chi connectivity index (χ1n) is 6.30. The molecule has 2 fully saturated rings. The number of piperazine rings is 1. The number of fused-ring (bicyclic) bond motifs is 1. The Morgan fingerprint density at radius 1 is 1.40 bits per heavy atom. The number of hydrogen-bond acceptors (Lipinski definition) is 3. The summed E-state index contributed by atoms with van der Waals surface area (Å²) in [6, 6.07) is 2.05. The molecule has 2 heterocycles. The van der Waals surface area contributed by atoms with Gasteiger partial charge in [0.05, 0.1) is 13.2 Å². The molecule has 3 heteroatoms. The van der Waals surface area contributed by atoms with Crippen molar-refractivity contribution in [1.82, 2.24) is 9.80 Å². The molecule has 88 valence electrons. The lowest BCUT2D eigenvalue weighted by Crippen LogP contribution is -2.63. The summed E-state index contributed by atoms with van der Waals surface area (Å²) >= 11 is 0. The highest BCUT2D eigenvalue weighted by atomic mass is 16.5. The number of nitrogens with zero attached hydrogens (tertiary/aromatic N) is 2. The highest BCUT2D eigenvalue weighted by molar-refractivity contribution is 4.90. The van der Waals surface area contributed by atoms with Crippen molar-refractivity contribution in [2.75, 3.05) is 32.8 Å². The van der Waals surface area contributed by atoms with E-state index >= 15 is 0 Å². The van der Waals surface area contributed by atoms with Crippen molar-refractivity contribution in [1.29, 1.82) is 0 Å². The lowest BCUT2D eigenvalue weighted by atomic mass is 10.0. The van der Waals surface area contributed by atoms with Gasteiger partial charge in [-0.3, -0.25) is 9.80 Å². The summed E-state index contributed by atoms with van der Waals surface area (Å²) in [5.74, 6) is 0. The van der Waals surface area contributed by atoms with E-state index in [-0.39, 0.29) is 0 Å². The van der Waals surface area contributed by atoms with Gasteiger partial charge in [-0.2, -0.15) is 0 Å².